The van der Waals surface area contributed by atoms with E-state index in [1.165, 1.54) is 5.57 Å². The lowest BCUT2D eigenvalue weighted by molar-refractivity contribution is 0.159. The first-order valence-electron chi connectivity index (χ1n) is 9.01. The van der Waals surface area contributed by atoms with E-state index in [-0.39, 0.29) is 5.60 Å². The summed E-state index contributed by atoms with van der Waals surface area (Å²) < 4.78 is 24.5. The van der Waals surface area contributed by atoms with Crippen LogP contribution in [0.25, 0.3) is 11.6 Å². The van der Waals surface area contributed by atoms with Gasteiger partial charge in [0.1, 0.15) is 11.4 Å². The van der Waals surface area contributed by atoms with Crippen LogP contribution in [-0.4, -0.2) is 26.9 Å². The van der Waals surface area contributed by atoms with Crippen LogP contribution in [0.5, 0.6) is 23.0 Å². The van der Waals surface area contributed by atoms with Gasteiger partial charge >= 0.3 is 0 Å². The number of halogens is 1. The van der Waals surface area contributed by atoms with Gasteiger partial charge in [0.05, 0.1) is 21.3 Å². The molecule has 0 N–H and O–H groups in total. The summed E-state index contributed by atoms with van der Waals surface area (Å²) in [4.78, 5) is 0. The molecule has 0 saturated carbocycles. The van der Waals surface area contributed by atoms with Crippen LogP contribution in [0.3, 0.4) is 0 Å². The average molecular weight is 492 g/mol. The first-order chi connectivity index (χ1) is 13.4. The van der Waals surface area contributed by atoms with Crippen molar-refractivity contribution in [3.8, 4) is 23.0 Å². The number of ether oxygens (including phenoxy) is 4. The van der Waals surface area contributed by atoms with Crippen molar-refractivity contribution in [3.05, 3.63) is 57.2 Å². The zero-order chi connectivity index (χ0) is 20.3. The fraction of sp³-hybridized carbons (Fsp3) is 0.304. The van der Waals surface area contributed by atoms with Crippen molar-refractivity contribution in [2.24, 2.45) is 0 Å². The van der Waals surface area contributed by atoms with Gasteiger partial charge < -0.3 is 18.9 Å². The molecule has 0 aromatic heterocycles. The second-order valence-corrected chi connectivity index (χ2v) is 7.76. The third kappa shape index (κ3) is 4.29. The van der Waals surface area contributed by atoms with E-state index in [1.807, 2.05) is 18.2 Å². The molecule has 0 atom stereocenters. The predicted octanol–water partition coefficient (Wildman–Crippen LogP) is 5.92. The summed E-state index contributed by atoms with van der Waals surface area (Å²) in [6.07, 6.45) is 4.97. The van der Waals surface area contributed by atoms with Crippen LogP contribution in [0.4, 0.5) is 0 Å². The average Bonchev–Trinajstić information content (AvgIpc) is 2.70. The fourth-order valence-corrected chi connectivity index (χ4v) is 3.82. The summed E-state index contributed by atoms with van der Waals surface area (Å²) in [5.74, 6) is 2.84. The highest BCUT2D eigenvalue weighted by molar-refractivity contribution is 14.1. The second-order valence-electron chi connectivity index (χ2n) is 7.14. The number of allylic oxidation sites excluding steroid dienone is 1. The van der Waals surface area contributed by atoms with Crippen LogP contribution in [0.2, 0.25) is 0 Å². The third-order valence-electron chi connectivity index (χ3n) is 4.67. The topological polar surface area (TPSA) is 36.9 Å². The van der Waals surface area contributed by atoms with Crippen molar-refractivity contribution in [1.82, 2.24) is 0 Å². The molecule has 5 heteroatoms. The van der Waals surface area contributed by atoms with E-state index in [2.05, 4.69) is 64.8 Å². The largest absolute Gasteiger partial charge is 0.493 e. The van der Waals surface area contributed by atoms with Crippen molar-refractivity contribution in [3.63, 3.8) is 0 Å². The zero-order valence-corrected chi connectivity index (χ0v) is 19.0. The maximum atomic E-state index is 6.04. The Morgan fingerprint density at radius 3 is 2.29 bits per heavy atom. The number of hydrogen-bond donors (Lipinski definition) is 0. The van der Waals surface area contributed by atoms with Gasteiger partial charge in [-0.15, -0.1) is 0 Å². The van der Waals surface area contributed by atoms with Gasteiger partial charge in [-0.2, -0.15) is 0 Å². The van der Waals surface area contributed by atoms with E-state index >= 15 is 0 Å². The molecule has 2 aromatic carbocycles. The molecule has 0 saturated heterocycles. The molecule has 2 aromatic rings. The highest BCUT2D eigenvalue weighted by Gasteiger charge is 2.22. The lowest BCUT2D eigenvalue weighted by atomic mass is 9.95. The van der Waals surface area contributed by atoms with Gasteiger partial charge in [0.15, 0.2) is 11.5 Å². The summed E-state index contributed by atoms with van der Waals surface area (Å²) in [6, 6.07) is 10.3. The molecular formula is C23H25IO4. The van der Waals surface area contributed by atoms with Crippen molar-refractivity contribution in [1.29, 1.82) is 0 Å². The molecule has 0 radical (unpaired) electrons. The third-order valence-corrected chi connectivity index (χ3v) is 5.42. The minimum Gasteiger partial charge on any atom is -0.493 e. The molecule has 4 nitrogen and oxygen atoms in total. The first-order valence-corrected chi connectivity index (χ1v) is 10.3. The molecule has 0 spiro atoms. The highest BCUT2D eigenvalue weighted by Crippen LogP contribution is 2.40. The summed E-state index contributed by atoms with van der Waals surface area (Å²) >= 11 is 2.29. The Balaban J connectivity index is 1.92. The van der Waals surface area contributed by atoms with Crippen LogP contribution < -0.4 is 18.9 Å². The van der Waals surface area contributed by atoms with E-state index < -0.39 is 0 Å². The molecule has 0 aliphatic carbocycles. The quantitative estimate of drug-likeness (QED) is 0.470. The number of methoxy groups -OCH3 is 3. The number of fused-ring (bicyclic) bond motifs is 1. The smallest absolute Gasteiger partial charge is 0.203 e. The van der Waals surface area contributed by atoms with Crippen LogP contribution in [0.15, 0.2) is 40.5 Å². The Kier molecular flexibility index (Phi) is 6.23. The van der Waals surface area contributed by atoms with Gasteiger partial charge in [-0.25, -0.2) is 0 Å². The number of rotatable bonds is 6. The van der Waals surface area contributed by atoms with E-state index in [0.29, 0.717) is 17.2 Å². The van der Waals surface area contributed by atoms with E-state index in [4.69, 9.17) is 18.9 Å². The molecule has 148 valence electrons. The monoisotopic (exact) mass is 492 g/mol. The standard InChI is InChI=1S/C23H25IO4/c1-23(2)9-8-17-13-16(6-7-19(17)28-23)18(14-24)10-15-11-20(25-3)22(27-5)21(12-15)26-4/h6-9,11-14H,10H2,1-5H3/b18-14-. The van der Waals surface area contributed by atoms with Gasteiger partial charge in [-0.05, 0) is 71.4 Å². The molecule has 0 fully saturated rings. The van der Waals surface area contributed by atoms with E-state index in [9.17, 15) is 0 Å². The normalized spacial score (nSPS) is 14.9. The second kappa shape index (κ2) is 8.47. The minimum absolute atomic E-state index is 0.271. The molecule has 3 rings (SSSR count). The van der Waals surface area contributed by atoms with Gasteiger partial charge in [0.25, 0.3) is 0 Å². The molecule has 1 heterocycles. The van der Waals surface area contributed by atoms with Crippen molar-refractivity contribution < 1.29 is 18.9 Å². The van der Waals surface area contributed by atoms with Crippen molar-refractivity contribution in [2.45, 2.75) is 25.9 Å². The van der Waals surface area contributed by atoms with Gasteiger partial charge in [-0.3, -0.25) is 0 Å². The SMILES string of the molecule is COc1cc(C/C(=C/I)c2ccc3c(c2)C=CC(C)(C)O3)cc(OC)c1OC. The van der Waals surface area contributed by atoms with Crippen molar-refractivity contribution in [2.75, 3.05) is 21.3 Å². The predicted molar refractivity (Wildman–Crippen MR) is 122 cm³/mol. The Morgan fingerprint density at radius 2 is 1.71 bits per heavy atom. The molecule has 0 amide bonds. The van der Waals surface area contributed by atoms with Crippen LogP contribution in [0.1, 0.15) is 30.5 Å². The molecule has 28 heavy (non-hydrogen) atoms. The van der Waals surface area contributed by atoms with E-state index in [1.54, 1.807) is 21.3 Å². The summed E-state index contributed by atoms with van der Waals surface area (Å²) in [5.41, 5.74) is 4.28. The Morgan fingerprint density at radius 1 is 1.04 bits per heavy atom. The fourth-order valence-electron chi connectivity index (χ4n) is 3.24. The lowest BCUT2D eigenvalue weighted by Crippen LogP contribution is -2.27. The van der Waals surface area contributed by atoms with Crippen molar-refractivity contribution >= 4 is 34.2 Å². The molecule has 0 unspecified atom stereocenters. The maximum absolute atomic E-state index is 6.04. The molecule has 1 aliphatic heterocycles. The van der Waals surface area contributed by atoms with Crippen LogP contribution in [0, 0.1) is 0 Å². The first kappa shape index (κ1) is 20.6. The molecule has 1 aliphatic rings. The lowest BCUT2D eigenvalue weighted by Gasteiger charge is -2.28. The summed E-state index contributed by atoms with van der Waals surface area (Å²) in [7, 11) is 4.88. The van der Waals surface area contributed by atoms with Gasteiger partial charge in [0, 0.05) is 5.56 Å². The van der Waals surface area contributed by atoms with Crippen LogP contribution in [-0.2, 0) is 6.42 Å². The van der Waals surface area contributed by atoms with Gasteiger partial charge in [-0.1, -0.05) is 34.7 Å². The maximum Gasteiger partial charge on any atom is 0.203 e. The summed E-state index contributed by atoms with van der Waals surface area (Å²) in [6.45, 7) is 4.11. The minimum atomic E-state index is -0.271. The Hall–Kier alpha value is -2.15. The van der Waals surface area contributed by atoms with Crippen LogP contribution >= 0.6 is 22.6 Å². The summed E-state index contributed by atoms with van der Waals surface area (Å²) in [5, 5.41) is 0. The van der Waals surface area contributed by atoms with E-state index in [0.717, 1.165) is 28.9 Å². The number of hydrogen-bond acceptors (Lipinski definition) is 4. The Labute approximate surface area is 180 Å². The molecule has 0 bridgehead atoms. The highest BCUT2D eigenvalue weighted by atomic mass is 127. The molecular weight excluding hydrogens is 467 g/mol. The zero-order valence-electron chi connectivity index (χ0n) is 16.8. The van der Waals surface area contributed by atoms with Gasteiger partial charge in [0.2, 0.25) is 5.75 Å². The Bertz CT molecular complexity index is 903. The number of benzene rings is 2.